The van der Waals surface area contributed by atoms with Crippen LogP contribution in [0.25, 0.3) is 10.4 Å². The van der Waals surface area contributed by atoms with Gasteiger partial charge in [0.1, 0.15) is 17.2 Å². The van der Waals surface area contributed by atoms with E-state index in [2.05, 4.69) is 14.9 Å². The van der Waals surface area contributed by atoms with Crippen LogP contribution in [0, 0.1) is 5.82 Å². The smallest absolute Gasteiger partial charge is 0.277 e. The van der Waals surface area contributed by atoms with Gasteiger partial charge in [-0.05, 0) is 41.5 Å². The number of hydrogen-bond donors (Lipinski definition) is 3. The van der Waals surface area contributed by atoms with Crippen LogP contribution in [-0.2, 0) is 19.6 Å². The highest BCUT2D eigenvalue weighted by molar-refractivity contribution is 7.13. The van der Waals surface area contributed by atoms with Crippen LogP contribution in [-0.4, -0.2) is 51.0 Å². The average molecular weight is 561 g/mol. The zero-order valence-electron chi connectivity index (χ0n) is 22.4. The van der Waals surface area contributed by atoms with Crippen molar-refractivity contribution in [2.45, 2.75) is 38.1 Å². The normalized spacial score (nSPS) is 15.8. The van der Waals surface area contributed by atoms with Crippen molar-refractivity contribution < 1.29 is 9.50 Å². The van der Waals surface area contributed by atoms with Crippen LogP contribution in [0.4, 0.5) is 10.1 Å². The molecule has 0 saturated carbocycles. The number of halogens is 1. The molecule has 4 aromatic rings. The zero-order chi connectivity index (χ0) is 28.3. The van der Waals surface area contributed by atoms with Gasteiger partial charge in [-0.25, -0.2) is 9.37 Å². The molecular formula is C30H33FN6O2S. The van der Waals surface area contributed by atoms with Crippen molar-refractivity contribution in [3.8, 4) is 10.4 Å². The highest BCUT2D eigenvalue weighted by atomic mass is 32.1. The first-order chi connectivity index (χ1) is 19.3. The number of likely N-dealkylation sites (tertiary alicyclic amines) is 1. The standard InChI is InChI=1S/C30H33FN6O2S/c1-34-27(21-6-4-20(16-32)5-7-21)28-26(33)29(38)37(19-35-28)18-30(39)10-12-36(13-11-30)17-23-9-8-22(15-24(23)31)25-3-2-14-40-25/h2-9,14-15,19,39H,10-13,16-18,32-33H2,1H3. The van der Waals surface area contributed by atoms with Gasteiger partial charge in [0.2, 0.25) is 0 Å². The van der Waals surface area contributed by atoms with Crippen LogP contribution in [0.5, 0.6) is 0 Å². The van der Waals surface area contributed by atoms with Crippen molar-refractivity contribution in [3.63, 3.8) is 0 Å². The number of nitrogen functional groups attached to an aromatic ring is 1. The van der Waals surface area contributed by atoms with Crippen LogP contribution < -0.4 is 17.0 Å². The van der Waals surface area contributed by atoms with Crippen LogP contribution >= 0.6 is 11.3 Å². The molecule has 8 nitrogen and oxygen atoms in total. The summed E-state index contributed by atoms with van der Waals surface area (Å²) in [4.78, 5) is 25.1. The lowest BCUT2D eigenvalue weighted by molar-refractivity contribution is -0.0366. The molecule has 0 aliphatic carbocycles. The fourth-order valence-electron chi connectivity index (χ4n) is 5.09. The third-order valence-corrected chi connectivity index (χ3v) is 8.41. The molecule has 5 N–H and O–H groups in total. The largest absolute Gasteiger partial charge is 0.392 e. The SMILES string of the molecule is CN=C(c1ccc(CN)cc1)c1ncn(CC2(O)CCN(Cc3ccc(-c4cccs4)cc3F)CC2)c(=O)c1N. The average Bonchev–Trinajstić information content (AvgIpc) is 3.51. The summed E-state index contributed by atoms with van der Waals surface area (Å²) in [6, 6.07) is 16.8. The predicted molar refractivity (Wildman–Crippen MR) is 158 cm³/mol. The van der Waals surface area contributed by atoms with Gasteiger partial charge in [0, 0.05) is 49.2 Å². The molecule has 208 valence electrons. The van der Waals surface area contributed by atoms with Crippen LogP contribution in [0.3, 0.4) is 0 Å². The third-order valence-electron chi connectivity index (χ3n) is 7.49. The van der Waals surface area contributed by atoms with E-state index < -0.39 is 11.2 Å². The summed E-state index contributed by atoms with van der Waals surface area (Å²) < 4.78 is 16.2. The first kappa shape index (κ1) is 27.9. The number of thiophene rings is 1. The monoisotopic (exact) mass is 560 g/mol. The second-order valence-corrected chi connectivity index (χ2v) is 11.1. The molecule has 2 aromatic carbocycles. The lowest BCUT2D eigenvalue weighted by atomic mass is 9.91. The van der Waals surface area contributed by atoms with Gasteiger partial charge in [0.25, 0.3) is 5.56 Å². The summed E-state index contributed by atoms with van der Waals surface area (Å²) in [6.45, 7) is 2.11. The highest BCUT2D eigenvalue weighted by Gasteiger charge is 2.33. The summed E-state index contributed by atoms with van der Waals surface area (Å²) >= 11 is 1.58. The molecule has 1 aliphatic heterocycles. The van der Waals surface area contributed by atoms with Gasteiger partial charge in [0.05, 0.1) is 24.2 Å². The van der Waals surface area contributed by atoms with Gasteiger partial charge in [-0.1, -0.05) is 42.5 Å². The summed E-state index contributed by atoms with van der Waals surface area (Å²) in [5.74, 6) is -0.231. The molecule has 3 heterocycles. The maximum Gasteiger partial charge on any atom is 0.277 e. The lowest BCUT2D eigenvalue weighted by Gasteiger charge is -2.38. The third kappa shape index (κ3) is 5.90. The number of anilines is 1. The molecule has 1 fully saturated rings. The maximum atomic E-state index is 14.8. The molecule has 40 heavy (non-hydrogen) atoms. The topological polar surface area (TPSA) is 123 Å². The van der Waals surface area contributed by atoms with E-state index in [1.54, 1.807) is 24.5 Å². The Morgan fingerprint density at radius 2 is 1.93 bits per heavy atom. The van der Waals surface area contributed by atoms with E-state index in [-0.39, 0.29) is 18.0 Å². The zero-order valence-corrected chi connectivity index (χ0v) is 23.2. The number of nitrogens with zero attached hydrogens (tertiary/aromatic N) is 4. The summed E-state index contributed by atoms with van der Waals surface area (Å²) in [5, 5.41) is 13.3. The number of hydrogen-bond acceptors (Lipinski definition) is 8. The summed E-state index contributed by atoms with van der Waals surface area (Å²) in [7, 11) is 1.62. The van der Waals surface area contributed by atoms with Crippen molar-refractivity contribution in [2.24, 2.45) is 10.7 Å². The maximum absolute atomic E-state index is 14.8. The predicted octanol–water partition coefficient (Wildman–Crippen LogP) is 3.65. The molecule has 0 bridgehead atoms. The van der Waals surface area contributed by atoms with E-state index in [0.29, 0.717) is 56.0 Å². The molecule has 0 atom stereocenters. The van der Waals surface area contributed by atoms with E-state index >= 15 is 0 Å². The Morgan fingerprint density at radius 1 is 1.18 bits per heavy atom. The van der Waals surface area contributed by atoms with E-state index in [4.69, 9.17) is 11.5 Å². The van der Waals surface area contributed by atoms with Gasteiger partial charge in [-0.15, -0.1) is 11.3 Å². The number of aliphatic hydroxyl groups is 1. The fourth-order valence-corrected chi connectivity index (χ4v) is 5.82. The van der Waals surface area contributed by atoms with Crippen molar-refractivity contribution >= 4 is 22.7 Å². The van der Waals surface area contributed by atoms with E-state index in [1.807, 2.05) is 53.9 Å². The number of nitrogens with two attached hydrogens (primary N) is 2. The Bertz CT molecular complexity index is 1560. The fraction of sp³-hybridized carbons (Fsp3) is 0.300. The molecule has 0 spiro atoms. The Hall–Kier alpha value is -3.70. The number of aromatic nitrogens is 2. The molecule has 0 radical (unpaired) electrons. The van der Waals surface area contributed by atoms with Crippen LogP contribution in [0.1, 0.15) is 35.2 Å². The first-order valence-corrected chi connectivity index (χ1v) is 14.1. The Kier molecular flexibility index (Phi) is 8.22. The second-order valence-electron chi connectivity index (χ2n) is 10.2. The Balaban J connectivity index is 1.24. The Morgan fingerprint density at radius 3 is 2.55 bits per heavy atom. The molecule has 2 aromatic heterocycles. The van der Waals surface area contributed by atoms with Crippen molar-refractivity contribution in [1.29, 1.82) is 0 Å². The molecule has 1 saturated heterocycles. The van der Waals surface area contributed by atoms with Crippen LogP contribution in [0.2, 0.25) is 0 Å². The van der Waals surface area contributed by atoms with Crippen molar-refractivity contribution in [3.05, 3.63) is 105 Å². The van der Waals surface area contributed by atoms with E-state index in [0.717, 1.165) is 21.6 Å². The van der Waals surface area contributed by atoms with Gasteiger partial charge < -0.3 is 16.6 Å². The first-order valence-electron chi connectivity index (χ1n) is 13.2. The van der Waals surface area contributed by atoms with Gasteiger partial charge in [-0.3, -0.25) is 19.3 Å². The lowest BCUT2D eigenvalue weighted by Crippen LogP contribution is -2.48. The quantitative estimate of drug-likeness (QED) is 0.283. The van der Waals surface area contributed by atoms with E-state index in [9.17, 15) is 14.3 Å². The minimum absolute atomic E-state index is 0.0199. The second kappa shape index (κ2) is 11.8. The summed E-state index contributed by atoms with van der Waals surface area (Å²) in [6.07, 6.45) is 2.29. The molecule has 1 aliphatic rings. The van der Waals surface area contributed by atoms with Gasteiger partial charge >= 0.3 is 0 Å². The van der Waals surface area contributed by atoms with E-state index in [1.165, 1.54) is 10.9 Å². The molecule has 0 amide bonds. The van der Waals surface area contributed by atoms with Gasteiger partial charge in [0.15, 0.2) is 0 Å². The minimum atomic E-state index is -1.10. The van der Waals surface area contributed by atoms with Crippen LogP contribution in [0.15, 0.2) is 76.1 Å². The summed E-state index contributed by atoms with van der Waals surface area (Å²) in [5.41, 5.74) is 14.5. The molecular weight excluding hydrogens is 527 g/mol. The Labute approximate surface area is 236 Å². The van der Waals surface area contributed by atoms with Gasteiger partial charge in [-0.2, -0.15) is 0 Å². The number of piperidine rings is 1. The number of benzene rings is 2. The number of aliphatic imine (C=N–C) groups is 1. The highest BCUT2D eigenvalue weighted by Crippen LogP contribution is 2.29. The molecule has 0 unspecified atom stereocenters. The molecule has 10 heteroatoms. The van der Waals surface area contributed by atoms with Crippen molar-refractivity contribution in [1.82, 2.24) is 14.5 Å². The number of rotatable bonds is 8. The molecule has 5 rings (SSSR count). The van der Waals surface area contributed by atoms with Crippen molar-refractivity contribution in [2.75, 3.05) is 25.9 Å². The minimum Gasteiger partial charge on any atom is -0.392 e.